The van der Waals surface area contributed by atoms with E-state index in [1.54, 1.807) is 0 Å². The van der Waals surface area contributed by atoms with Crippen LogP contribution in [0.4, 0.5) is 5.69 Å². The SMILES string of the molecule is CN(Cc1ccc(CN)cc1Br)c1ccccc1. The fourth-order valence-electron chi connectivity index (χ4n) is 1.88. The van der Waals surface area contributed by atoms with Crippen LogP contribution in [0.1, 0.15) is 11.1 Å². The van der Waals surface area contributed by atoms with Gasteiger partial charge < -0.3 is 10.6 Å². The highest BCUT2D eigenvalue weighted by atomic mass is 79.9. The first kappa shape index (κ1) is 13.1. The second-order valence-corrected chi connectivity index (χ2v) is 5.18. The van der Waals surface area contributed by atoms with Crippen LogP contribution in [-0.2, 0) is 13.1 Å². The molecule has 0 atom stereocenters. The fraction of sp³-hybridized carbons (Fsp3) is 0.200. The van der Waals surface area contributed by atoms with Crippen molar-refractivity contribution in [3.63, 3.8) is 0 Å². The molecule has 0 aromatic heterocycles. The summed E-state index contributed by atoms with van der Waals surface area (Å²) in [6.07, 6.45) is 0. The van der Waals surface area contributed by atoms with Gasteiger partial charge in [0.25, 0.3) is 0 Å². The monoisotopic (exact) mass is 304 g/mol. The lowest BCUT2D eigenvalue weighted by Gasteiger charge is -2.20. The third kappa shape index (κ3) is 3.12. The van der Waals surface area contributed by atoms with Gasteiger partial charge in [-0.3, -0.25) is 0 Å². The smallest absolute Gasteiger partial charge is 0.0437 e. The van der Waals surface area contributed by atoms with Crippen molar-refractivity contribution in [1.29, 1.82) is 0 Å². The molecule has 0 saturated carbocycles. The van der Waals surface area contributed by atoms with Crippen LogP contribution in [0, 0.1) is 0 Å². The minimum absolute atomic E-state index is 0.577. The molecule has 0 saturated heterocycles. The molecule has 94 valence electrons. The minimum atomic E-state index is 0.577. The summed E-state index contributed by atoms with van der Waals surface area (Å²) in [5.74, 6) is 0. The number of nitrogens with zero attached hydrogens (tertiary/aromatic N) is 1. The standard InChI is InChI=1S/C15H17BrN2/c1-18(14-5-3-2-4-6-14)11-13-8-7-12(10-17)9-15(13)16/h2-9H,10-11,17H2,1H3. The maximum atomic E-state index is 5.63. The average Bonchev–Trinajstić information content (AvgIpc) is 2.42. The Labute approximate surface area is 117 Å². The first-order valence-corrected chi connectivity index (χ1v) is 6.73. The fourth-order valence-corrected chi connectivity index (χ4v) is 2.43. The van der Waals surface area contributed by atoms with Gasteiger partial charge in [0.2, 0.25) is 0 Å². The van der Waals surface area contributed by atoms with Crippen molar-refractivity contribution in [3.8, 4) is 0 Å². The molecular weight excluding hydrogens is 288 g/mol. The van der Waals surface area contributed by atoms with Crippen molar-refractivity contribution in [3.05, 3.63) is 64.1 Å². The molecule has 0 aliphatic rings. The molecule has 2 aromatic rings. The van der Waals surface area contributed by atoms with E-state index in [0.717, 1.165) is 16.6 Å². The zero-order chi connectivity index (χ0) is 13.0. The normalized spacial score (nSPS) is 10.4. The summed E-state index contributed by atoms with van der Waals surface area (Å²) >= 11 is 3.61. The largest absolute Gasteiger partial charge is 0.370 e. The number of anilines is 1. The van der Waals surface area contributed by atoms with Crippen LogP contribution in [0.25, 0.3) is 0 Å². The van der Waals surface area contributed by atoms with Gasteiger partial charge in [-0.25, -0.2) is 0 Å². The third-order valence-electron chi connectivity index (χ3n) is 2.96. The molecule has 0 fully saturated rings. The summed E-state index contributed by atoms with van der Waals surface area (Å²) in [5, 5.41) is 0. The zero-order valence-corrected chi connectivity index (χ0v) is 12.0. The zero-order valence-electron chi connectivity index (χ0n) is 10.4. The van der Waals surface area contributed by atoms with Gasteiger partial charge in [0, 0.05) is 30.3 Å². The van der Waals surface area contributed by atoms with E-state index in [9.17, 15) is 0 Å². The first-order chi connectivity index (χ1) is 8.70. The van der Waals surface area contributed by atoms with E-state index in [1.807, 2.05) is 6.07 Å². The summed E-state index contributed by atoms with van der Waals surface area (Å²) in [7, 11) is 2.10. The van der Waals surface area contributed by atoms with E-state index in [1.165, 1.54) is 11.3 Å². The molecule has 0 aliphatic heterocycles. The highest BCUT2D eigenvalue weighted by Gasteiger charge is 2.05. The molecule has 2 nitrogen and oxygen atoms in total. The second kappa shape index (κ2) is 6.03. The Morgan fingerprint density at radius 2 is 1.83 bits per heavy atom. The lowest BCUT2D eigenvalue weighted by molar-refractivity contribution is 0.915. The number of halogens is 1. The predicted octanol–water partition coefficient (Wildman–Crippen LogP) is 3.54. The molecule has 0 unspecified atom stereocenters. The molecule has 2 aromatic carbocycles. The van der Waals surface area contributed by atoms with Crippen molar-refractivity contribution in [2.24, 2.45) is 5.73 Å². The summed E-state index contributed by atoms with van der Waals surface area (Å²) in [5.41, 5.74) is 9.25. The predicted molar refractivity (Wildman–Crippen MR) is 80.6 cm³/mol. The van der Waals surface area contributed by atoms with Crippen LogP contribution in [0.15, 0.2) is 53.0 Å². The van der Waals surface area contributed by atoms with Gasteiger partial charge in [0.05, 0.1) is 0 Å². The highest BCUT2D eigenvalue weighted by Crippen LogP contribution is 2.22. The molecular formula is C15H17BrN2. The lowest BCUT2D eigenvalue weighted by Crippen LogP contribution is -2.16. The summed E-state index contributed by atoms with van der Waals surface area (Å²) in [6, 6.07) is 16.7. The molecule has 3 heteroatoms. The molecule has 0 heterocycles. The van der Waals surface area contributed by atoms with Crippen LogP contribution < -0.4 is 10.6 Å². The number of hydrogen-bond acceptors (Lipinski definition) is 2. The molecule has 0 bridgehead atoms. The van der Waals surface area contributed by atoms with Crippen LogP contribution in [-0.4, -0.2) is 7.05 Å². The van der Waals surface area contributed by atoms with E-state index in [4.69, 9.17) is 5.73 Å². The van der Waals surface area contributed by atoms with E-state index in [0.29, 0.717) is 6.54 Å². The van der Waals surface area contributed by atoms with Gasteiger partial charge in [0.1, 0.15) is 0 Å². The van der Waals surface area contributed by atoms with E-state index >= 15 is 0 Å². The van der Waals surface area contributed by atoms with Gasteiger partial charge in [-0.2, -0.15) is 0 Å². The molecule has 0 aliphatic carbocycles. The van der Waals surface area contributed by atoms with E-state index in [2.05, 4.69) is 70.3 Å². The first-order valence-electron chi connectivity index (χ1n) is 5.94. The Morgan fingerprint density at radius 1 is 1.11 bits per heavy atom. The molecule has 0 amide bonds. The van der Waals surface area contributed by atoms with Crippen molar-refractivity contribution in [2.45, 2.75) is 13.1 Å². The maximum Gasteiger partial charge on any atom is 0.0437 e. The number of hydrogen-bond donors (Lipinski definition) is 1. The minimum Gasteiger partial charge on any atom is -0.370 e. The lowest BCUT2D eigenvalue weighted by atomic mass is 10.1. The Hall–Kier alpha value is -1.32. The topological polar surface area (TPSA) is 29.3 Å². The second-order valence-electron chi connectivity index (χ2n) is 4.32. The number of para-hydroxylation sites is 1. The number of benzene rings is 2. The van der Waals surface area contributed by atoms with Gasteiger partial charge >= 0.3 is 0 Å². The third-order valence-corrected chi connectivity index (χ3v) is 3.70. The Bertz CT molecular complexity index is 511. The van der Waals surface area contributed by atoms with Crippen LogP contribution >= 0.6 is 15.9 Å². The van der Waals surface area contributed by atoms with Gasteiger partial charge in [-0.05, 0) is 29.3 Å². The molecule has 18 heavy (non-hydrogen) atoms. The summed E-state index contributed by atoms with van der Waals surface area (Å²) in [6.45, 7) is 1.45. The highest BCUT2D eigenvalue weighted by molar-refractivity contribution is 9.10. The maximum absolute atomic E-state index is 5.63. The van der Waals surface area contributed by atoms with E-state index < -0.39 is 0 Å². The molecule has 2 rings (SSSR count). The van der Waals surface area contributed by atoms with Gasteiger partial charge in [-0.15, -0.1) is 0 Å². The Morgan fingerprint density at radius 3 is 2.44 bits per heavy atom. The average molecular weight is 305 g/mol. The van der Waals surface area contributed by atoms with Gasteiger partial charge in [-0.1, -0.05) is 46.3 Å². The molecule has 0 radical (unpaired) electrons. The summed E-state index contributed by atoms with van der Waals surface area (Å²) < 4.78 is 1.12. The van der Waals surface area contributed by atoms with Crippen LogP contribution in [0.2, 0.25) is 0 Å². The Kier molecular flexibility index (Phi) is 4.39. The quantitative estimate of drug-likeness (QED) is 0.936. The molecule has 2 N–H and O–H groups in total. The number of nitrogens with two attached hydrogens (primary N) is 1. The van der Waals surface area contributed by atoms with Crippen LogP contribution in [0.3, 0.4) is 0 Å². The van der Waals surface area contributed by atoms with Crippen molar-refractivity contribution < 1.29 is 0 Å². The van der Waals surface area contributed by atoms with Gasteiger partial charge in [0.15, 0.2) is 0 Å². The van der Waals surface area contributed by atoms with E-state index in [-0.39, 0.29) is 0 Å². The van der Waals surface area contributed by atoms with Crippen molar-refractivity contribution in [2.75, 3.05) is 11.9 Å². The Balaban J connectivity index is 2.14. The summed E-state index contributed by atoms with van der Waals surface area (Å²) in [4.78, 5) is 2.22. The van der Waals surface area contributed by atoms with Crippen molar-refractivity contribution >= 4 is 21.6 Å². The molecule has 0 spiro atoms. The van der Waals surface area contributed by atoms with Crippen molar-refractivity contribution in [1.82, 2.24) is 0 Å². The number of rotatable bonds is 4. The van der Waals surface area contributed by atoms with Crippen LogP contribution in [0.5, 0.6) is 0 Å².